The Morgan fingerprint density at radius 2 is 1.56 bits per heavy atom. The van der Waals surface area contributed by atoms with Crippen molar-refractivity contribution < 1.29 is 8.78 Å². The summed E-state index contributed by atoms with van der Waals surface area (Å²) in [6, 6.07) is 4.10. The van der Waals surface area contributed by atoms with Crippen molar-refractivity contribution in [2.45, 2.75) is 71.1 Å². The maximum atomic E-state index is 13.8. The topological polar surface area (TPSA) is 23.8 Å². The Labute approximate surface area is 150 Å². The van der Waals surface area contributed by atoms with Crippen LogP contribution in [0.4, 0.5) is 8.78 Å². The lowest BCUT2D eigenvalue weighted by Crippen LogP contribution is -1.98. The zero-order valence-corrected chi connectivity index (χ0v) is 15.1. The first-order valence-electron chi connectivity index (χ1n) is 9.43. The third-order valence-electron chi connectivity index (χ3n) is 4.86. The fraction of sp³-hybridized carbons (Fsp3) is 0.500. The molecule has 0 aromatic heterocycles. The van der Waals surface area contributed by atoms with Crippen LogP contribution in [0.1, 0.15) is 82.3 Å². The van der Waals surface area contributed by atoms with Gasteiger partial charge in [0.05, 0.1) is 0 Å². The second-order valence-electron chi connectivity index (χ2n) is 6.81. The fourth-order valence-corrected chi connectivity index (χ4v) is 3.30. The van der Waals surface area contributed by atoms with Crippen LogP contribution in [0.15, 0.2) is 29.9 Å². The molecule has 1 aliphatic carbocycles. The van der Waals surface area contributed by atoms with E-state index in [9.17, 15) is 8.78 Å². The molecule has 0 amide bonds. The third-order valence-corrected chi connectivity index (χ3v) is 4.86. The van der Waals surface area contributed by atoms with Crippen LogP contribution in [0, 0.1) is 23.0 Å². The largest absolute Gasteiger partial charge is 0.205 e. The smallest absolute Gasteiger partial charge is 0.144 e. The quantitative estimate of drug-likeness (QED) is 0.439. The van der Waals surface area contributed by atoms with E-state index in [1.54, 1.807) is 6.07 Å². The Hall–Kier alpha value is -1.95. The molecular weight excluding hydrogens is 316 g/mol. The molecule has 1 aromatic rings. The first kappa shape index (κ1) is 19.4. The zero-order chi connectivity index (χ0) is 18.1. The van der Waals surface area contributed by atoms with E-state index in [0.29, 0.717) is 5.56 Å². The van der Waals surface area contributed by atoms with Gasteiger partial charge in [0.1, 0.15) is 23.3 Å². The van der Waals surface area contributed by atoms with Crippen molar-refractivity contribution in [3.8, 4) is 6.07 Å². The zero-order valence-electron chi connectivity index (χ0n) is 15.1. The van der Waals surface area contributed by atoms with Crippen molar-refractivity contribution in [1.82, 2.24) is 0 Å². The molecule has 3 heteroatoms. The molecule has 134 valence electrons. The summed E-state index contributed by atoms with van der Waals surface area (Å²) in [6.45, 7) is 2.23. The van der Waals surface area contributed by atoms with Crippen LogP contribution < -0.4 is 0 Å². The number of nitrogens with zero attached hydrogens (tertiary/aromatic N) is 1. The molecule has 0 fully saturated rings. The summed E-state index contributed by atoms with van der Waals surface area (Å²) in [7, 11) is 0. The number of hydrogen-bond donors (Lipinski definition) is 0. The van der Waals surface area contributed by atoms with Crippen LogP contribution in [0.2, 0.25) is 0 Å². The summed E-state index contributed by atoms with van der Waals surface area (Å²) < 4.78 is 27.5. The summed E-state index contributed by atoms with van der Waals surface area (Å²) in [6.07, 6.45) is 16.1. The highest BCUT2D eigenvalue weighted by Crippen LogP contribution is 2.30. The third kappa shape index (κ3) is 5.81. The minimum absolute atomic E-state index is 0.504. The summed E-state index contributed by atoms with van der Waals surface area (Å²) in [5, 5.41) is 8.74. The van der Waals surface area contributed by atoms with E-state index < -0.39 is 17.2 Å². The average molecular weight is 343 g/mol. The molecule has 2 rings (SSSR count). The lowest BCUT2D eigenvalue weighted by Gasteiger charge is -2.15. The minimum atomic E-state index is -0.781. The minimum Gasteiger partial charge on any atom is -0.205 e. The molecule has 0 atom stereocenters. The van der Waals surface area contributed by atoms with Crippen molar-refractivity contribution >= 4 is 5.57 Å². The van der Waals surface area contributed by atoms with Crippen LogP contribution in [-0.4, -0.2) is 0 Å². The van der Waals surface area contributed by atoms with Crippen LogP contribution in [0.25, 0.3) is 5.57 Å². The van der Waals surface area contributed by atoms with Crippen LogP contribution in [0.5, 0.6) is 0 Å². The van der Waals surface area contributed by atoms with E-state index >= 15 is 0 Å². The van der Waals surface area contributed by atoms with Gasteiger partial charge in [-0.3, -0.25) is 0 Å². The fourth-order valence-electron chi connectivity index (χ4n) is 3.30. The number of halogens is 2. The highest BCUT2D eigenvalue weighted by molar-refractivity contribution is 5.69. The molecule has 0 saturated carbocycles. The molecule has 25 heavy (non-hydrogen) atoms. The summed E-state index contributed by atoms with van der Waals surface area (Å²) in [5.41, 5.74) is 2.40. The average Bonchev–Trinajstić information content (AvgIpc) is 2.61. The SMILES string of the molecule is CCCCCCCCCC1=CC=C(c2cc(F)c(C#N)c(F)c2)CC1. The highest BCUT2D eigenvalue weighted by atomic mass is 19.1. The maximum Gasteiger partial charge on any atom is 0.144 e. The molecular formula is C22H27F2N. The number of unbranched alkanes of at least 4 members (excludes halogenated alkanes) is 6. The van der Waals surface area contributed by atoms with Gasteiger partial charge in [-0.2, -0.15) is 5.26 Å². The van der Waals surface area contributed by atoms with Gasteiger partial charge in [0.15, 0.2) is 0 Å². The molecule has 0 saturated heterocycles. The van der Waals surface area contributed by atoms with E-state index in [4.69, 9.17) is 5.26 Å². The first-order valence-corrected chi connectivity index (χ1v) is 9.43. The van der Waals surface area contributed by atoms with Crippen LogP contribution in [-0.2, 0) is 0 Å². The summed E-state index contributed by atoms with van der Waals surface area (Å²) in [4.78, 5) is 0. The van der Waals surface area contributed by atoms with E-state index in [-0.39, 0.29) is 0 Å². The lowest BCUT2D eigenvalue weighted by molar-refractivity contribution is 0.575. The van der Waals surface area contributed by atoms with Crippen LogP contribution >= 0.6 is 0 Å². The van der Waals surface area contributed by atoms with E-state index in [0.717, 1.165) is 24.8 Å². The molecule has 1 aliphatic rings. The molecule has 0 unspecified atom stereocenters. The Kier molecular flexibility index (Phi) is 7.85. The number of nitriles is 1. The highest BCUT2D eigenvalue weighted by Gasteiger charge is 2.14. The lowest BCUT2D eigenvalue weighted by atomic mass is 9.90. The Balaban J connectivity index is 1.86. The van der Waals surface area contributed by atoms with Crippen molar-refractivity contribution in [2.75, 3.05) is 0 Å². The van der Waals surface area contributed by atoms with Gasteiger partial charge in [-0.05, 0) is 49.0 Å². The standard InChI is InChI=1S/C22H27F2N/c1-2-3-4-5-6-7-8-9-17-10-12-18(13-11-17)19-14-21(23)20(16-25)22(24)15-19/h10,12,14-15H,2-9,11,13H2,1H3. The van der Waals surface area contributed by atoms with Gasteiger partial charge < -0.3 is 0 Å². The Bertz CT molecular complexity index is 657. The van der Waals surface area contributed by atoms with Crippen molar-refractivity contribution in [3.05, 3.63) is 52.6 Å². The van der Waals surface area contributed by atoms with Gasteiger partial charge in [0, 0.05) is 0 Å². The van der Waals surface area contributed by atoms with Crippen LogP contribution in [0.3, 0.4) is 0 Å². The predicted molar refractivity (Wildman–Crippen MR) is 99.0 cm³/mol. The second-order valence-corrected chi connectivity index (χ2v) is 6.81. The summed E-state index contributed by atoms with van der Waals surface area (Å²) >= 11 is 0. The number of benzene rings is 1. The monoisotopic (exact) mass is 343 g/mol. The van der Waals surface area contributed by atoms with Gasteiger partial charge in [-0.1, -0.05) is 63.2 Å². The molecule has 1 nitrogen and oxygen atoms in total. The molecule has 0 aliphatic heterocycles. The Morgan fingerprint density at radius 1 is 0.920 bits per heavy atom. The number of hydrogen-bond acceptors (Lipinski definition) is 1. The molecule has 0 bridgehead atoms. The molecule has 0 spiro atoms. The maximum absolute atomic E-state index is 13.8. The number of rotatable bonds is 9. The predicted octanol–water partition coefficient (Wildman–Crippen LogP) is 7.08. The summed E-state index contributed by atoms with van der Waals surface area (Å²) in [5.74, 6) is -1.56. The Morgan fingerprint density at radius 3 is 2.12 bits per heavy atom. The van der Waals surface area contributed by atoms with Crippen molar-refractivity contribution in [1.29, 1.82) is 5.26 Å². The number of allylic oxidation sites excluding steroid dienone is 4. The molecule has 0 radical (unpaired) electrons. The van der Waals surface area contributed by atoms with Gasteiger partial charge >= 0.3 is 0 Å². The molecule has 1 aromatic carbocycles. The van der Waals surface area contributed by atoms with E-state index in [1.807, 2.05) is 6.08 Å². The van der Waals surface area contributed by atoms with E-state index in [2.05, 4.69) is 13.0 Å². The normalized spacial score (nSPS) is 14.0. The van der Waals surface area contributed by atoms with Gasteiger partial charge in [-0.25, -0.2) is 8.78 Å². The van der Waals surface area contributed by atoms with Gasteiger partial charge in [0.2, 0.25) is 0 Å². The van der Waals surface area contributed by atoms with E-state index in [1.165, 1.54) is 62.7 Å². The van der Waals surface area contributed by atoms with Crippen molar-refractivity contribution in [3.63, 3.8) is 0 Å². The molecule has 0 N–H and O–H groups in total. The second kappa shape index (κ2) is 10.1. The first-order chi connectivity index (χ1) is 12.2. The van der Waals surface area contributed by atoms with Crippen molar-refractivity contribution in [2.24, 2.45) is 0 Å². The molecule has 0 heterocycles. The van der Waals surface area contributed by atoms with Gasteiger partial charge in [-0.15, -0.1) is 0 Å². The van der Waals surface area contributed by atoms with Gasteiger partial charge in [0.25, 0.3) is 0 Å².